The summed E-state index contributed by atoms with van der Waals surface area (Å²) in [6.45, 7) is 2.09. The van der Waals surface area contributed by atoms with E-state index < -0.39 is 0 Å². The number of ether oxygens (including phenoxy) is 2. The SMILES string of the molecule is CCCc1c(C2=CCc3ccccc3O2)ccc(OC)c1O. The van der Waals surface area contributed by atoms with Crippen molar-refractivity contribution in [2.75, 3.05) is 7.11 Å². The van der Waals surface area contributed by atoms with Crippen LogP contribution in [-0.4, -0.2) is 12.2 Å². The van der Waals surface area contributed by atoms with Crippen molar-refractivity contribution in [1.82, 2.24) is 0 Å². The molecule has 0 bridgehead atoms. The summed E-state index contributed by atoms with van der Waals surface area (Å²) in [6, 6.07) is 11.8. The number of hydrogen-bond donors (Lipinski definition) is 1. The van der Waals surface area contributed by atoms with Gasteiger partial charge in [0, 0.05) is 11.1 Å². The highest BCUT2D eigenvalue weighted by molar-refractivity contribution is 5.71. The van der Waals surface area contributed by atoms with Gasteiger partial charge in [-0.25, -0.2) is 0 Å². The van der Waals surface area contributed by atoms with Gasteiger partial charge in [-0.15, -0.1) is 0 Å². The topological polar surface area (TPSA) is 38.7 Å². The molecule has 0 spiro atoms. The Morgan fingerprint density at radius 1 is 1.18 bits per heavy atom. The quantitative estimate of drug-likeness (QED) is 0.912. The van der Waals surface area contributed by atoms with Crippen LogP contribution in [0.1, 0.15) is 30.0 Å². The van der Waals surface area contributed by atoms with Crippen LogP contribution in [0.25, 0.3) is 5.76 Å². The highest BCUT2D eigenvalue weighted by Gasteiger charge is 2.19. The number of phenols is 1. The fourth-order valence-electron chi connectivity index (χ4n) is 2.81. The summed E-state index contributed by atoms with van der Waals surface area (Å²) in [7, 11) is 1.57. The van der Waals surface area contributed by atoms with Gasteiger partial charge >= 0.3 is 0 Å². The molecule has 2 aromatic rings. The van der Waals surface area contributed by atoms with E-state index in [9.17, 15) is 5.11 Å². The molecule has 0 unspecified atom stereocenters. The number of rotatable bonds is 4. The van der Waals surface area contributed by atoms with Crippen LogP contribution in [0.15, 0.2) is 42.5 Å². The lowest BCUT2D eigenvalue weighted by Crippen LogP contribution is -2.06. The van der Waals surface area contributed by atoms with Crippen LogP contribution < -0.4 is 9.47 Å². The Morgan fingerprint density at radius 2 is 2.00 bits per heavy atom. The van der Waals surface area contributed by atoms with Gasteiger partial charge < -0.3 is 14.6 Å². The molecule has 22 heavy (non-hydrogen) atoms. The molecule has 1 aliphatic rings. The second-order valence-corrected chi connectivity index (χ2v) is 5.37. The Kier molecular flexibility index (Phi) is 4.05. The number of methoxy groups -OCH3 is 1. The van der Waals surface area contributed by atoms with E-state index in [1.54, 1.807) is 13.2 Å². The van der Waals surface area contributed by atoms with Crippen molar-refractivity contribution in [3.05, 3.63) is 59.2 Å². The van der Waals surface area contributed by atoms with Gasteiger partial charge in [-0.05, 0) is 42.7 Å². The smallest absolute Gasteiger partial charge is 0.161 e. The first kappa shape index (κ1) is 14.5. The van der Waals surface area contributed by atoms with E-state index in [1.807, 2.05) is 24.3 Å². The summed E-state index contributed by atoms with van der Waals surface area (Å²) in [5.41, 5.74) is 3.00. The number of aromatic hydroxyl groups is 1. The van der Waals surface area contributed by atoms with Crippen LogP contribution in [0, 0.1) is 0 Å². The van der Waals surface area contributed by atoms with Crippen LogP contribution in [0.5, 0.6) is 17.2 Å². The highest BCUT2D eigenvalue weighted by atomic mass is 16.5. The predicted octanol–water partition coefficient (Wildman–Crippen LogP) is 4.33. The van der Waals surface area contributed by atoms with Gasteiger partial charge in [0.25, 0.3) is 0 Å². The average Bonchev–Trinajstić information content (AvgIpc) is 2.56. The number of para-hydroxylation sites is 1. The van der Waals surface area contributed by atoms with Crippen molar-refractivity contribution in [3.8, 4) is 17.2 Å². The molecule has 3 rings (SSSR count). The number of fused-ring (bicyclic) bond motifs is 1. The Bertz CT molecular complexity index is 717. The minimum Gasteiger partial charge on any atom is -0.504 e. The van der Waals surface area contributed by atoms with E-state index >= 15 is 0 Å². The van der Waals surface area contributed by atoms with Crippen LogP contribution in [0.2, 0.25) is 0 Å². The van der Waals surface area contributed by atoms with Gasteiger partial charge in [0.15, 0.2) is 11.5 Å². The molecule has 0 aromatic heterocycles. The largest absolute Gasteiger partial charge is 0.504 e. The van der Waals surface area contributed by atoms with Gasteiger partial charge in [-0.2, -0.15) is 0 Å². The van der Waals surface area contributed by atoms with Crippen molar-refractivity contribution in [3.63, 3.8) is 0 Å². The normalized spacial score (nSPS) is 13.1. The van der Waals surface area contributed by atoms with Crippen molar-refractivity contribution in [2.24, 2.45) is 0 Å². The highest BCUT2D eigenvalue weighted by Crippen LogP contribution is 2.38. The third-order valence-electron chi connectivity index (χ3n) is 3.93. The molecule has 1 aliphatic heterocycles. The molecule has 3 nitrogen and oxygen atoms in total. The van der Waals surface area contributed by atoms with Gasteiger partial charge in [-0.1, -0.05) is 31.5 Å². The third-order valence-corrected chi connectivity index (χ3v) is 3.93. The fourth-order valence-corrected chi connectivity index (χ4v) is 2.81. The molecule has 0 saturated heterocycles. The number of hydrogen-bond acceptors (Lipinski definition) is 3. The second-order valence-electron chi connectivity index (χ2n) is 5.37. The minimum atomic E-state index is 0.213. The lowest BCUT2D eigenvalue weighted by molar-refractivity contribution is 0.370. The second kappa shape index (κ2) is 6.14. The number of benzene rings is 2. The first-order valence-corrected chi connectivity index (χ1v) is 7.59. The fraction of sp³-hybridized carbons (Fsp3) is 0.263. The zero-order valence-corrected chi connectivity index (χ0v) is 12.9. The van der Waals surface area contributed by atoms with E-state index in [1.165, 1.54) is 5.56 Å². The van der Waals surface area contributed by atoms with Crippen molar-refractivity contribution in [2.45, 2.75) is 26.2 Å². The van der Waals surface area contributed by atoms with E-state index in [4.69, 9.17) is 9.47 Å². The summed E-state index contributed by atoms with van der Waals surface area (Å²) < 4.78 is 11.3. The van der Waals surface area contributed by atoms with Gasteiger partial charge in [0.1, 0.15) is 11.5 Å². The van der Waals surface area contributed by atoms with Crippen LogP contribution in [-0.2, 0) is 12.8 Å². The summed E-state index contributed by atoms with van der Waals surface area (Å²) in [6.07, 6.45) is 4.63. The maximum Gasteiger partial charge on any atom is 0.161 e. The maximum absolute atomic E-state index is 10.4. The molecule has 1 heterocycles. The zero-order valence-electron chi connectivity index (χ0n) is 12.9. The molecular weight excluding hydrogens is 276 g/mol. The number of phenolic OH excluding ortho intramolecular Hbond substituents is 1. The monoisotopic (exact) mass is 296 g/mol. The predicted molar refractivity (Wildman–Crippen MR) is 87.4 cm³/mol. The van der Waals surface area contributed by atoms with E-state index in [2.05, 4.69) is 19.1 Å². The standard InChI is InChI=1S/C19H20O3/c1-3-6-15-14(10-12-18(21-2)19(15)20)17-11-9-13-7-4-5-8-16(13)22-17/h4-5,7-8,10-12,20H,3,6,9H2,1-2H3. The number of allylic oxidation sites excluding steroid dienone is 1. The van der Waals surface area contributed by atoms with E-state index in [0.717, 1.165) is 41.9 Å². The Hall–Kier alpha value is -2.42. The molecule has 0 aliphatic carbocycles. The lowest BCUT2D eigenvalue weighted by Gasteiger charge is -2.21. The summed E-state index contributed by atoms with van der Waals surface area (Å²) in [5.74, 6) is 2.41. The zero-order chi connectivity index (χ0) is 15.5. The molecule has 0 radical (unpaired) electrons. The minimum absolute atomic E-state index is 0.213. The molecule has 2 aromatic carbocycles. The van der Waals surface area contributed by atoms with Gasteiger partial charge in [0.2, 0.25) is 0 Å². The molecule has 0 fully saturated rings. The first-order chi connectivity index (χ1) is 10.7. The van der Waals surface area contributed by atoms with E-state index in [0.29, 0.717) is 5.75 Å². The molecule has 0 amide bonds. The van der Waals surface area contributed by atoms with E-state index in [-0.39, 0.29) is 5.75 Å². The van der Waals surface area contributed by atoms with Crippen molar-refractivity contribution in [1.29, 1.82) is 0 Å². The van der Waals surface area contributed by atoms with Gasteiger partial charge in [0.05, 0.1) is 7.11 Å². The summed E-state index contributed by atoms with van der Waals surface area (Å²) in [4.78, 5) is 0. The molecule has 1 N–H and O–H groups in total. The molecule has 0 saturated carbocycles. The summed E-state index contributed by atoms with van der Waals surface area (Å²) >= 11 is 0. The Balaban J connectivity index is 2.02. The lowest BCUT2D eigenvalue weighted by atomic mass is 9.97. The Morgan fingerprint density at radius 3 is 2.77 bits per heavy atom. The van der Waals surface area contributed by atoms with Crippen molar-refractivity contribution < 1.29 is 14.6 Å². The van der Waals surface area contributed by atoms with Gasteiger partial charge in [-0.3, -0.25) is 0 Å². The molecule has 114 valence electrons. The first-order valence-electron chi connectivity index (χ1n) is 7.59. The average molecular weight is 296 g/mol. The molecule has 3 heteroatoms. The maximum atomic E-state index is 10.4. The van der Waals surface area contributed by atoms with Crippen LogP contribution in [0.4, 0.5) is 0 Å². The molecular formula is C19H20O3. The Labute approximate surface area is 130 Å². The van der Waals surface area contributed by atoms with Crippen LogP contribution in [0.3, 0.4) is 0 Å². The summed E-state index contributed by atoms with van der Waals surface area (Å²) in [5, 5.41) is 10.4. The van der Waals surface area contributed by atoms with Crippen molar-refractivity contribution >= 4 is 5.76 Å². The van der Waals surface area contributed by atoms with Crippen LogP contribution >= 0.6 is 0 Å². The molecule has 0 atom stereocenters. The third kappa shape index (κ3) is 2.54.